The number of carbonyl (C=O) groups is 2. The maximum absolute atomic E-state index is 13.5. The van der Waals surface area contributed by atoms with Gasteiger partial charge in [-0.15, -0.1) is 0 Å². The second-order valence-electron chi connectivity index (χ2n) is 8.67. The maximum atomic E-state index is 13.5. The molecule has 1 aliphatic rings. The fraction of sp³-hybridized carbons (Fsp3) is 0.214. The average molecular weight is 459 g/mol. The molecule has 0 radical (unpaired) electrons. The van der Waals surface area contributed by atoms with Gasteiger partial charge in [0.25, 0.3) is 11.8 Å². The van der Waals surface area contributed by atoms with Crippen LogP contribution in [-0.4, -0.2) is 30.4 Å². The van der Waals surface area contributed by atoms with E-state index in [9.17, 15) is 14.0 Å². The van der Waals surface area contributed by atoms with Crippen LogP contribution in [0.25, 0.3) is 5.57 Å². The molecule has 0 fully saturated rings. The Labute approximate surface area is 199 Å². The molecule has 0 unspecified atom stereocenters. The van der Waals surface area contributed by atoms with Gasteiger partial charge in [-0.1, -0.05) is 56.3 Å². The minimum absolute atomic E-state index is 0.0587. The third-order valence-corrected chi connectivity index (χ3v) is 5.60. The molecule has 1 aliphatic heterocycles. The van der Waals surface area contributed by atoms with Crippen LogP contribution in [-0.2, 0) is 16.1 Å². The summed E-state index contributed by atoms with van der Waals surface area (Å²) in [6.07, 6.45) is 0. The molecule has 0 atom stereocenters. The first kappa shape index (κ1) is 23.2. The zero-order valence-corrected chi connectivity index (χ0v) is 19.5. The summed E-state index contributed by atoms with van der Waals surface area (Å²) < 4.78 is 19.1. The molecule has 2 amide bonds. The number of anilines is 1. The Morgan fingerprint density at radius 3 is 2.15 bits per heavy atom. The van der Waals surface area contributed by atoms with Crippen molar-refractivity contribution < 1.29 is 18.7 Å². The molecular formula is C28H27FN2O3. The third kappa shape index (κ3) is 4.86. The molecule has 0 aromatic heterocycles. The predicted molar refractivity (Wildman–Crippen MR) is 130 cm³/mol. The smallest absolute Gasteiger partial charge is 0.278 e. The number of para-hydroxylation sites is 1. The normalized spacial score (nSPS) is 13.7. The minimum atomic E-state index is -0.393. The zero-order valence-electron chi connectivity index (χ0n) is 19.5. The summed E-state index contributed by atoms with van der Waals surface area (Å²) in [6.45, 7) is 4.79. The van der Waals surface area contributed by atoms with Gasteiger partial charge in [0.05, 0.1) is 18.7 Å². The predicted octanol–water partition coefficient (Wildman–Crippen LogP) is 5.28. The van der Waals surface area contributed by atoms with E-state index in [1.54, 1.807) is 36.2 Å². The van der Waals surface area contributed by atoms with Gasteiger partial charge >= 0.3 is 0 Å². The molecule has 0 aliphatic carbocycles. The van der Waals surface area contributed by atoms with E-state index in [4.69, 9.17) is 4.74 Å². The highest BCUT2D eigenvalue weighted by molar-refractivity contribution is 6.36. The van der Waals surface area contributed by atoms with Gasteiger partial charge < -0.3 is 9.64 Å². The van der Waals surface area contributed by atoms with Crippen molar-refractivity contribution in [2.75, 3.05) is 18.6 Å². The lowest BCUT2D eigenvalue weighted by Gasteiger charge is -2.21. The van der Waals surface area contributed by atoms with Crippen LogP contribution < -0.4 is 9.64 Å². The summed E-state index contributed by atoms with van der Waals surface area (Å²) in [5.74, 6) is -0.0526. The average Bonchev–Trinajstić information content (AvgIpc) is 3.09. The van der Waals surface area contributed by atoms with E-state index in [2.05, 4.69) is 13.8 Å². The number of amides is 2. The summed E-state index contributed by atoms with van der Waals surface area (Å²) in [5.41, 5.74) is 2.72. The number of nitrogens with zero attached hydrogens (tertiary/aromatic N) is 2. The van der Waals surface area contributed by atoms with Crippen LogP contribution >= 0.6 is 0 Å². The second-order valence-corrected chi connectivity index (χ2v) is 8.67. The van der Waals surface area contributed by atoms with Crippen molar-refractivity contribution in [3.8, 4) is 5.75 Å². The van der Waals surface area contributed by atoms with E-state index in [1.165, 1.54) is 17.0 Å². The minimum Gasteiger partial charge on any atom is -0.493 e. The highest BCUT2D eigenvalue weighted by atomic mass is 19.1. The molecule has 6 heteroatoms. The number of imide groups is 1. The van der Waals surface area contributed by atoms with E-state index in [-0.39, 0.29) is 18.3 Å². The number of hydrogen-bond acceptors (Lipinski definition) is 4. The Kier molecular flexibility index (Phi) is 6.77. The highest BCUT2D eigenvalue weighted by Gasteiger charge is 2.41. The van der Waals surface area contributed by atoms with Gasteiger partial charge in [-0.05, 0) is 53.4 Å². The van der Waals surface area contributed by atoms with E-state index in [0.717, 1.165) is 5.69 Å². The lowest BCUT2D eigenvalue weighted by Crippen LogP contribution is -2.33. The molecular weight excluding hydrogens is 431 g/mol. The molecule has 0 N–H and O–H groups in total. The fourth-order valence-corrected chi connectivity index (χ4v) is 3.81. The molecule has 3 aromatic rings. The summed E-state index contributed by atoms with van der Waals surface area (Å²) >= 11 is 0. The molecule has 0 saturated carbocycles. The number of likely N-dealkylation sites (N-methyl/N-ethyl adjacent to an activating group) is 1. The van der Waals surface area contributed by atoms with Gasteiger partial charge in [0.1, 0.15) is 17.3 Å². The largest absolute Gasteiger partial charge is 0.493 e. The SMILES string of the molecule is CC(C)COc1ccc(C2=C(N(C)c3ccccc3)C(=O)N(Cc3ccc(F)cc3)C2=O)cc1. The van der Waals surface area contributed by atoms with Crippen molar-refractivity contribution >= 4 is 23.1 Å². The Bertz CT molecular complexity index is 1200. The van der Waals surface area contributed by atoms with Crippen molar-refractivity contribution in [1.82, 2.24) is 4.90 Å². The lowest BCUT2D eigenvalue weighted by molar-refractivity contribution is -0.137. The fourth-order valence-electron chi connectivity index (χ4n) is 3.81. The van der Waals surface area contributed by atoms with Gasteiger partial charge in [0.15, 0.2) is 0 Å². The Hall–Kier alpha value is -3.93. The quantitative estimate of drug-likeness (QED) is 0.431. The first-order valence-corrected chi connectivity index (χ1v) is 11.2. The molecule has 0 saturated heterocycles. The van der Waals surface area contributed by atoms with E-state index in [0.29, 0.717) is 40.7 Å². The number of ether oxygens (including phenoxy) is 1. The van der Waals surface area contributed by atoms with Crippen LogP contribution in [0.3, 0.4) is 0 Å². The highest BCUT2D eigenvalue weighted by Crippen LogP contribution is 2.35. The Morgan fingerprint density at radius 1 is 0.882 bits per heavy atom. The molecule has 5 nitrogen and oxygen atoms in total. The van der Waals surface area contributed by atoms with E-state index >= 15 is 0 Å². The van der Waals surface area contributed by atoms with Crippen LogP contribution in [0.2, 0.25) is 0 Å². The van der Waals surface area contributed by atoms with Gasteiger partial charge in [-0.3, -0.25) is 14.5 Å². The summed E-state index contributed by atoms with van der Waals surface area (Å²) in [4.78, 5) is 30.0. The number of halogens is 1. The summed E-state index contributed by atoms with van der Waals surface area (Å²) in [7, 11) is 1.78. The second kappa shape index (κ2) is 9.91. The number of hydrogen-bond donors (Lipinski definition) is 0. The number of benzene rings is 3. The number of rotatable bonds is 8. The van der Waals surface area contributed by atoms with Crippen molar-refractivity contribution in [1.29, 1.82) is 0 Å². The lowest BCUT2D eigenvalue weighted by atomic mass is 10.0. The van der Waals surface area contributed by atoms with Gasteiger partial charge in [0, 0.05) is 12.7 Å². The molecule has 0 bridgehead atoms. The molecule has 3 aromatic carbocycles. The Balaban J connectivity index is 1.71. The molecule has 0 spiro atoms. The topological polar surface area (TPSA) is 49.9 Å². The zero-order chi connectivity index (χ0) is 24.2. The van der Waals surface area contributed by atoms with Crippen LogP contribution in [0.5, 0.6) is 5.75 Å². The molecule has 4 rings (SSSR count). The van der Waals surface area contributed by atoms with Crippen LogP contribution in [0, 0.1) is 11.7 Å². The first-order valence-electron chi connectivity index (χ1n) is 11.2. The van der Waals surface area contributed by atoms with Crippen molar-refractivity contribution in [3.05, 3.63) is 102 Å². The molecule has 34 heavy (non-hydrogen) atoms. The maximum Gasteiger partial charge on any atom is 0.278 e. The number of carbonyl (C=O) groups excluding carboxylic acids is 2. The van der Waals surface area contributed by atoms with E-state index < -0.39 is 5.91 Å². The van der Waals surface area contributed by atoms with E-state index in [1.807, 2.05) is 42.5 Å². The van der Waals surface area contributed by atoms with Crippen molar-refractivity contribution in [2.45, 2.75) is 20.4 Å². The summed E-state index contributed by atoms with van der Waals surface area (Å²) in [6, 6.07) is 22.4. The van der Waals surface area contributed by atoms with Crippen LogP contribution in [0.4, 0.5) is 10.1 Å². The molecule has 1 heterocycles. The van der Waals surface area contributed by atoms with Gasteiger partial charge in [-0.2, -0.15) is 0 Å². The van der Waals surface area contributed by atoms with Gasteiger partial charge in [-0.25, -0.2) is 4.39 Å². The standard InChI is InChI=1S/C28H27FN2O3/c1-19(2)18-34-24-15-11-21(12-16-24)25-26(30(3)23-7-5-4-6-8-23)28(33)31(27(25)32)17-20-9-13-22(29)14-10-20/h4-16,19H,17-18H2,1-3H3. The molecule has 174 valence electrons. The monoisotopic (exact) mass is 458 g/mol. The summed E-state index contributed by atoms with van der Waals surface area (Å²) in [5, 5.41) is 0. The van der Waals surface area contributed by atoms with Crippen LogP contribution in [0.15, 0.2) is 84.6 Å². The van der Waals surface area contributed by atoms with Gasteiger partial charge in [0.2, 0.25) is 0 Å². The van der Waals surface area contributed by atoms with Crippen molar-refractivity contribution in [2.24, 2.45) is 5.92 Å². The van der Waals surface area contributed by atoms with Crippen molar-refractivity contribution in [3.63, 3.8) is 0 Å². The van der Waals surface area contributed by atoms with Crippen LogP contribution in [0.1, 0.15) is 25.0 Å². The Morgan fingerprint density at radius 2 is 1.53 bits per heavy atom. The third-order valence-electron chi connectivity index (χ3n) is 5.60. The first-order chi connectivity index (χ1) is 16.3.